The standard InChI is InChI=1S/C13H17BrO/c1-15-13-5-3-2-4-11(13)8-9-12(14)10-6-7-10/h2-5,10,12H,6-9H2,1H3. The molecule has 0 N–H and O–H groups in total. The molecule has 0 bridgehead atoms. The summed E-state index contributed by atoms with van der Waals surface area (Å²) in [4.78, 5) is 0.697. The Labute approximate surface area is 100.0 Å². The molecule has 1 unspecified atom stereocenters. The molecule has 0 radical (unpaired) electrons. The number of hydrogen-bond acceptors (Lipinski definition) is 1. The molecule has 2 heteroatoms. The van der Waals surface area contributed by atoms with Gasteiger partial charge in [0.1, 0.15) is 5.75 Å². The molecule has 15 heavy (non-hydrogen) atoms. The van der Waals surface area contributed by atoms with Crippen LogP contribution in [0.15, 0.2) is 24.3 Å². The molecule has 1 saturated carbocycles. The number of aryl methyl sites for hydroxylation is 1. The summed E-state index contributed by atoms with van der Waals surface area (Å²) >= 11 is 3.77. The number of ether oxygens (including phenoxy) is 1. The van der Waals surface area contributed by atoms with E-state index in [0.29, 0.717) is 4.83 Å². The summed E-state index contributed by atoms with van der Waals surface area (Å²) in [6.07, 6.45) is 5.13. The summed E-state index contributed by atoms with van der Waals surface area (Å²) in [5.41, 5.74) is 1.32. The summed E-state index contributed by atoms with van der Waals surface area (Å²) in [6.45, 7) is 0. The number of rotatable bonds is 5. The van der Waals surface area contributed by atoms with Gasteiger partial charge in [0, 0.05) is 4.83 Å². The maximum Gasteiger partial charge on any atom is 0.122 e. The second-order valence-corrected chi connectivity index (χ2v) is 5.38. The normalized spacial score (nSPS) is 17.5. The first-order valence-electron chi connectivity index (χ1n) is 5.57. The van der Waals surface area contributed by atoms with Crippen LogP contribution in [0.3, 0.4) is 0 Å². The fourth-order valence-electron chi connectivity index (χ4n) is 1.90. The van der Waals surface area contributed by atoms with Crippen molar-refractivity contribution in [1.82, 2.24) is 0 Å². The minimum atomic E-state index is 0.697. The van der Waals surface area contributed by atoms with E-state index < -0.39 is 0 Å². The Bertz CT molecular complexity index is 320. The van der Waals surface area contributed by atoms with E-state index in [2.05, 4.69) is 28.1 Å². The van der Waals surface area contributed by atoms with Crippen molar-refractivity contribution >= 4 is 15.9 Å². The topological polar surface area (TPSA) is 9.23 Å². The van der Waals surface area contributed by atoms with Crippen LogP contribution < -0.4 is 4.74 Å². The number of benzene rings is 1. The minimum absolute atomic E-state index is 0.697. The van der Waals surface area contributed by atoms with Gasteiger partial charge in [0.25, 0.3) is 0 Å². The Kier molecular flexibility index (Phi) is 3.68. The molecule has 0 spiro atoms. The summed E-state index contributed by atoms with van der Waals surface area (Å²) in [7, 11) is 1.74. The smallest absolute Gasteiger partial charge is 0.122 e. The summed E-state index contributed by atoms with van der Waals surface area (Å²) < 4.78 is 5.34. The maximum absolute atomic E-state index is 5.34. The molecule has 0 aromatic heterocycles. The Balaban J connectivity index is 1.91. The van der Waals surface area contributed by atoms with E-state index in [1.807, 2.05) is 12.1 Å². The van der Waals surface area contributed by atoms with Gasteiger partial charge in [-0.05, 0) is 43.2 Å². The van der Waals surface area contributed by atoms with Crippen LogP contribution in [0.5, 0.6) is 5.75 Å². The highest BCUT2D eigenvalue weighted by Crippen LogP contribution is 2.39. The molecule has 0 heterocycles. The molecule has 0 saturated heterocycles. The molecule has 1 aliphatic rings. The largest absolute Gasteiger partial charge is 0.496 e. The first kappa shape index (κ1) is 11.0. The average molecular weight is 269 g/mol. The van der Waals surface area contributed by atoms with E-state index in [0.717, 1.165) is 18.1 Å². The van der Waals surface area contributed by atoms with Crippen molar-refractivity contribution in [2.45, 2.75) is 30.5 Å². The lowest BCUT2D eigenvalue weighted by Crippen LogP contribution is -2.03. The molecule has 82 valence electrons. The summed E-state index contributed by atoms with van der Waals surface area (Å²) in [5, 5.41) is 0. The lowest BCUT2D eigenvalue weighted by Gasteiger charge is -2.10. The molecule has 0 aliphatic heterocycles. The van der Waals surface area contributed by atoms with E-state index in [1.165, 1.54) is 24.8 Å². The predicted octanol–water partition coefficient (Wildman–Crippen LogP) is 3.80. The maximum atomic E-state index is 5.34. The van der Waals surface area contributed by atoms with Gasteiger partial charge in [-0.3, -0.25) is 0 Å². The second-order valence-electron chi connectivity index (χ2n) is 4.20. The highest BCUT2D eigenvalue weighted by molar-refractivity contribution is 9.09. The van der Waals surface area contributed by atoms with Crippen LogP contribution in [0.1, 0.15) is 24.8 Å². The molecule has 1 fully saturated rings. The van der Waals surface area contributed by atoms with Crippen molar-refractivity contribution in [3.8, 4) is 5.75 Å². The van der Waals surface area contributed by atoms with E-state index in [9.17, 15) is 0 Å². The first-order chi connectivity index (χ1) is 7.31. The zero-order valence-corrected chi connectivity index (χ0v) is 10.7. The Hall–Kier alpha value is -0.500. The third kappa shape index (κ3) is 2.97. The highest BCUT2D eigenvalue weighted by Gasteiger charge is 2.28. The quantitative estimate of drug-likeness (QED) is 0.739. The number of hydrogen-bond donors (Lipinski definition) is 0. The van der Waals surface area contributed by atoms with Crippen LogP contribution in [-0.2, 0) is 6.42 Å². The van der Waals surface area contributed by atoms with Crippen LogP contribution in [0, 0.1) is 5.92 Å². The molecule has 1 nitrogen and oxygen atoms in total. The predicted molar refractivity (Wildman–Crippen MR) is 66.8 cm³/mol. The molecule has 0 amide bonds. The van der Waals surface area contributed by atoms with Gasteiger partial charge in [-0.25, -0.2) is 0 Å². The third-order valence-corrected chi connectivity index (χ3v) is 4.22. The molecule has 1 aromatic carbocycles. The molecule has 1 atom stereocenters. The van der Waals surface area contributed by atoms with Crippen LogP contribution in [0.4, 0.5) is 0 Å². The van der Waals surface area contributed by atoms with Crippen molar-refractivity contribution in [1.29, 1.82) is 0 Å². The van der Waals surface area contributed by atoms with E-state index in [-0.39, 0.29) is 0 Å². The molecule has 1 aliphatic carbocycles. The van der Waals surface area contributed by atoms with Crippen molar-refractivity contribution < 1.29 is 4.74 Å². The average Bonchev–Trinajstić information content (AvgIpc) is 3.10. The number of halogens is 1. The monoisotopic (exact) mass is 268 g/mol. The van der Waals surface area contributed by atoms with Crippen LogP contribution in [0.25, 0.3) is 0 Å². The van der Waals surface area contributed by atoms with Crippen LogP contribution in [-0.4, -0.2) is 11.9 Å². The number of methoxy groups -OCH3 is 1. The zero-order chi connectivity index (χ0) is 10.7. The van der Waals surface area contributed by atoms with Gasteiger partial charge in [-0.15, -0.1) is 0 Å². The molecular weight excluding hydrogens is 252 g/mol. The third-order valence-electron chi connectivity index (χ3n) is 3.02. The summed E-state index contributed by atoms with van der Waals surface area (Å²) in [5.74, 6) is 1.95. The fraction of sp³-hybridized carbons (Fsp3) is 0.538. The second kappa shape index (κ2) is 5.02. The van der Waals surface area contributed by atoms with Gasteiger partial charge in [0.15, 0.2) is 0 Å². The van der Waals surface area contributed by atoms with Gasteiger partial charge in [-0.2, -0.15) is 0 Å². The van der Waals surface area contributed by atoms with E-state index >= 15 is 0 Å². The Morgan fingerprint density at radius 2 is 2.13 bits per heavy atom. The van der Waals surface area contributed by atoms with Crippen molar-refractivity contribution in [3.63, 3.8) is 0 Å². The Morgan fingerprint density at radius 1 is 1.40 bits per heavy atom. The lowest BCUT2D eigenvalue weighted by molar-refractivity contribution is 0.409. The van der Waals surface area contributed by atoms with Crippen LogP contribution >= 0.6 is 15.9 Å². The van der Waals surface area contributed by atoms with Gasteiger partial charge in [0.2, 0.25) is 0 Å². The zero-order valence-electron chi connectivity index (χ0n) is 9.08. The van der Waals surface area contributed by atoms with Crippen molar-refractivity contribution in [3.05, 3.63) is 29.8 Å². The van der Waals surface area contributed by atoms with E-state index in [4.69, 9.17) is 4.74 Å². The van der Waals surface area contributed by atoms with Gasteiger partial charge in [0.05, 0.1) is 7.11 Å². The van der Waals surface area contributed by atoms with Crippen LogP contribution in [0.2, 0.25) is 0 Å². The Morgan fingerprint density at radius 3 is 2.80 bits per heavy atom. The number of para-hydroxylation sites is 1. The molecular formula is C13H17BrO. The van der Waals surface area contributed by atoms with Gasteiger partial charge in [-0.1, -0.05) is 34.1 Å². The first-order valence-corrected chi connectivity index (χ1v) is 6.49. The lowest BCUT2D eigenvalue weighted by atomic mass is 10.1. The van der Waals surface area contributed by atoms with Gasteiger partial charge >= 0.3 is 0 Å². The highest BCUT2D eigenvalue weighted by atomic mass is 79.9. The molecule has 1 aromatic rings. The van der Waals surface area contributed by atoms with Crippen molar-refractivity contribution in [2.24, 2.45) is 5.92 Å². The van der Waals surface area contributed by atoms with Crippen molar-refractivity contribution in [2.75, 3.05) is 7.11 Å². The number of alkyl halides is 1. The van der Waals surface area contributed by atoms with Gasteiger partial charge < -0.3 is 4.74 Å². The van der Waals surface area contributed by atoms with E-state index in [1.54, 1.807) is 7.11 Å². The fourth-order valence-corrected chi connectivity index (χ4v) is 2.65. The molecule has 2 rings (SSSR count). The minimum Gasteiger partial charge on any atom is -0.496 e. The SMILES string of the molecule is COc1ccccc1CCC(Br)C1CC1. The summed E-state index contributed by atoms with van der Waals surface area (Å²) in [6, 6.07) is 8.30.